The van der Waals surface area contributed by atoms with Gasteiger partial charge >= 0.3 is 5.97 Å². The zero-order valence-corrected chi connectivity index (χ0v) is 26.3. The highest BCUT2D eigenvalue weighted by atomic mass is 16.7. The molecule has 2 saturated heterocycles. The van der Waals surface area contributed by atoms with Crippen molar-refractivity contribution in [2.24, 2.45) is 35.5 Å². The van der Waals surface area contributed by atoms with Crippen molar-refractivity contribution in [1.29, 1.82) is 0 Å². The lowest BCUT2D eigenvalue weighted by Crippen LogP contribution is -2.55. The van der Waals surface area contributed by atoms with Crippen molar-refractivity contribution in [1.82, 2.24) is 4.90 Å². The monoisotopic (exact) mass is 573 g/mol. The van der Waals surface area contributed by atoms with Crippen LogP contribution in [0.4, 0.5) is 0 Å². The summed E-state index contributed by atoms with van der Waals surface area (Å²) in [5.74, 6) is -4.67. The molecule has 0 aromatic carbocycles. The molecule has 15 atom stereocenters. The van der Waals surface area contributed by atoms with Crippen LogP contribution in [-0.2, 0) is 23.8 Å². The van der Waals surface area contributed by atoms with Crippen LogP contribution in [0.1, 0.15) is 75.2 Å². The number of carbonyl (C=O) groups is 2. The number of aliphatic hydroxyl groups excluding tert-OH is 3. The number of esters is 1. The third-order valence-electron chi connectivity index (χ3n) is 9.59. The van der Waals surface area contributed by atoms with Gasteiger partial charge in [-0.1, -0.05) is 34.6 Å². The molecule has 4 N–H and O–H groups in total. The van der Waals surface area contributed by atoms with Crippen LogP contribution in [0.2, 0.25) is 0 Å². The van der Waals surface area contributed by atoms with E-state index >= 15 is 0 Å². The van der Waals surface area contributed by atoms with Crippen LogP contribution in [0.15, 0.2) is 0 Å². The van der Waals surface area contributed by atoms with Gasteiger partial charge in [0, 0.05) is 36.1 Å². The van der Waals surface area contributed by atoms with Gasteiger partial charge in [0.05, 0.1) is 42.0 Å². The number of hydrogen-bond donors (Lipinski definition) is 4. The van der Waals surface area contributed by atoms with Gasteiger partial charge in [-0.15, -0.1) is 0 Å². The minimum absolute atomic E-state index is 0.0503. The molecule has 10 heteroatoms. The molecule has 0 bridgehead atoms. The third kappa shape index (κ3) is 7.82. The fourth-order valence-electron chi connectivity index (χ4n) is 6.66. The average molecular weight is 574 g/mol. The van der Waals surface area contributed by atoms with Crippen molar-refractivity contribution in [3.8, 4) is 0 Å². The average Bonchev–Trinajstić information content (AvgIpc) is 2.87. The van der Waals surface area contributed by atoms with Gasteiger partial charge in [0.15, 0.2) is 6.29 Å². The van der Waals surface area contributed by atoms with Crippen LogP contribution in [0.3, 0.4) is 0 Å². The summed E-state index contributed by atoms with van der Waals surface area (Å²) in [6, 6.07) is 0.161. The van der Waals surface area contributed by atoms with E-state index in [9.17, 15) is 30.0 Å². The maximum atomic E-state index is 13.5. The van der Waals surface area contributed by atoms with E-state index in [1.165, 1.54) is 13.8 Å². The molecule has 0 aliphatic carbocycles. The van der Waals surface area contributed by atoms with Gasteiger partial charge in [-0.05, 0) is 54.1 Å². The molecular formula is C30H55NO9. The Morgan fingerprint density at radius 1 is 0.975 bits per heavy atom. The molecule has 2 aliphatic heterocycles. The van der Waals surface area contributed by atoms with Crippen LogP contribution in [0.5, 0.6) is 0 Å². The Bertz CT molecular complexity index is 849. The van der Waals surface area contributed by atoms with Crippen molar-refractivity contribution in [3.05, 3.63) is 0 Å². The fourth-order valence-corrected chi connectivity index (χ4v) is 6.66. The van der Waals surface area contributed by atoms with E-state index in [1.807, 2.05) is 21.0 Å². The van der Waals surface area contributed by atoms with Crippen molar-refractivity contribution in [3.63, 3.8) is 0 Å². The molecule has 234 valence electrons. The molecule has 0 aromatic heterocycles. The summed E-state index contributed by atoms with van der Waals surface area (Å²) in [5, 5.41) is 44.4. The predicted octanol–water partition coefficient (Wildman–Crippen LogP) is 1.99. The van der Waals surface area contributed by atoms with Gasteiger partial charge in [-0.25, -0.2) is 0 Å². The summed E-state index contributed by atoms with van der Waals surface area (Å²) < 4.78 is 18.4. The summed E-state index contributed by atoms with van der Waals surface area (Å²) in [5.41, 5.74) is -1.69. The number of aliphatic hydroxyl groups is 4. The number of carbonyl (C=O) groups excluding carboxylic acids is 2. The first-order valence-corrected chi connectivity index (χ1v) is 14.8. The first-order valence-electron chi connectivity index (χ1n) is 14.8. The number of hydrogen-bond acceptors (Lipinski definition) is 10. The van der Waals surface area contributed by atoms with E-state index in [4.69, 9.17) is 14.2 Å². The van der Waals surface area contributed by atoms with Crippen LogP contribution in [-0.4, -0.2) is 106 Å². The van der Waals surface area contributed by atoms with E-state index in [1.54, 1.807) is 34.6 Å². The first kappa shape index (κ1) is 35.1. The molecule has 0 spiro atoms. The Labute approximate surface area is 240 Å². The van der Waals surface area contributed by atoms with Crippen LogP contribution in [0.25, 0.3) is 0 Å². The fraction of sp³-hybridized carbons (Fsp3) is 0.933. The number of ketones is 1. The van der Waals surface area contributed by atoms with Crippen molar-refractivity contribution in [2.75, 3.05) is 14.1 Å². The molecule has 0 aromatic rings. The lowest BCUT2D eigenvalue weighted by molar-refractivity contribution is -0.259. The highest BCUT2D eigenvalue weighted by Gasteiger charge is 2.47. The van der Waals surface area contributed by atoms with Crippen LogP contribution < -0.4 is 0 Å². The minimum Gasteiger partial charge on any atom is -0.459 e. The SMILES string of the molecule is CC(O)C1OC(=O)[C@H](C)[C@@H](OC2CC(N(C)C)C(C)C(C)O2)[C@H](C)[C@@H](O)[C@](C)(O)C[C@@H](C)C(=O)[C@H](C)[C@@H](O)[C@H]1C. The number of nitrogens with zero attached hydrogens (tertiary/aromatic N) is 1. The lowest BCUT2D eigenvalue weighted by Gasteiger charge is -2.45. The van der Waals surface area contributed by atoms with Crippen LogP contribution >= 0.6 is 0 Å². The zero-order chi connectivity index (χ0) is 30.9. The number of ether oxygens (including phenoxy) is 3. The molecule has 0 saturated carbocycles. The molecule has 2 rings (SSSR count). The molecule has 10 nitrogen and oxygen atoms in total. The molecule has 40 heavy (non-hydrogen) atoms. The zero-order valence-electron chi connectivity index (χ0n) is 26.3. The molecule has 2 aliphatic rings. The predicted molar refractivity (Wildman–Crippen MR) is 150 cm³/mol. The van der Waals surface area contributed by atoms with E-state index in [2.05, 4.69) is 11.8 Å². The second-order valence-electron chi connectivity index (χ2n) is 13.2. The summed E-state index contributed by atoms with van der Waals surface area (Å²) in [6.45, 7) is 15.3. The summed E-state index contributed by atoms with van der Waals surface area (Å²) >= 11 is 0. The van der Waals surface area contributed by atoms with Gasteiger partial charge in [0.2, 0.25) is 0 Å². The number of cyclic esters (lactones) is 1. The maximum absolute atomic E-state index is 13.5. The minimum atomic E-state index is -1.69. The summed E-state index contributed by atoms with van der Waals surface area (Å²) in [7, 11) is 3.99. The van der Waals surface area contributed by atoms with E-state index in [0.29, 0.717) is 6.42 Å². The van der Waals surface area contributed by atoms with Gasteiger partial charge in [-0.2, -0.15) is 0 Å². The quantitative estimate of drug-likeness (QED) is 0.368. The molecular weight excluding hydrogens is 518 g/mol. The second-order valence-corrected chi connectivity index (χ2v) is 13.2. The van der Waals surface area contributed by atoms with E-state index < -0.39 is 78.0 Å². The van der Waals surface area contributed by atoms with Crippen molar-refractivity contribution >= 4 is 11.8 Å². The van der Waals surface area contributed by atoms with Crippen LogP contribution in [0, 0.1) is 35.5 Å². The standard InChI is InChI=1S/C30H55NO9/c1-14-13-30(9,37)28(35)18(5)26(39-23-12-22(31(10)11)15(2)21(8)38-23)19(6)29(36)40-27(20(7)32)17(4)25(34)16(3)24(14)33/h14-23,25-28,32,34-35,37H,12-13H2,1-11H3/t14-,15?,16+,17-,18+,19-,20?,21?,22?,23?,25-,26+,27?,28-,30-/m1/s1. The normalized spacial score (nSPS) is 47.5. The van der Waals surface area contributed by atoms with Crippen molar-refractivity contribution < 1.29 is 44.2 Å². The maximum Gasteiger partial charge on any atom is 0.311 e. The number of Topliss-reactive ketones (excluding diaryl/α,β-unsaturated/α-hetero) is 1. The first-order chi connectivity index (χ1) is 18.3. The second kappa shape index (κ2) is 13.9. The van der Waals surface area contributed by atoms with E-state index in [0.717, 1.165) is 0 Å². The van der Waals surface area contributed by atoms with Gasteiger partial charge in [-0.3, -0.25) is 9.59 Å². The molecule has 0 amide bonds. The topological polar surface area (TPSA) is 146 Å². The Kier molecular flexibility index (Phi) is 12.2. The Morgan fingerprint density at radius 2 is 1.55 bits per heavy atom. The van der Waals surface area contributed by atoms with Crippen molar-refractivity contribution in [2.45, 2.75) is 130 Å². The third-order valence-corrected chi connectivity index (χ3v) is 9.59. The largest absolute Gasteiger partial charge is 0.459 e. The van der Waals surface area contributed by atoms with E-state index in [-0.39, 0.29) is 30.3 Å². The molecule has 2 heterocycles. The Balaban J connectivity index is 2.52. The summed E-state index contributed by atoms with van der Waals surface area (Å²) in [4.78, 5) is 28.9. The lowest BCUT2D eigenvalue weighted by atomic mass is 9.75. The smallest absolute Gasteiger partial charge is 0.311 e. The highest BCUT2D eigenvalue weighted by molar-refractivity contribution is 5.83. The molecule has 2 fully saturated rings. The highest BCUT2D eigenvalue weighted by Crippen LogP contribution is 2.36. The molecule has 0 radical (unpaired) electrons. The Morgan fingerprint density at radius 3 is 2.08 bits per heavy atom. The molecule has 6 unspecified atom stereocenters. The van der Waals surface area contributed by atoms with Gasteiger partial charge < -0.3 is 39.5 Å². The van der Waals surface area contributed by atoms with Gasteiger partial charge in [0.25, 0.3) is 0 Å². The Hall–Kier alpha value is -1.14. The van der Waals surface area contributed by atoms with Gasteiger partial charge in [0.1, 0.15) is 11.9 Å². The summed E-state index contributed by atoms with van der Waals surface area (Å²) in [6.07, 6.45) is -5.98. The number of rotatable bonds is 4.